The van der Waals surface area contributed by atoms with E-state index in [1.165, 1.54) is 14.6 Å². The Bertz CT molecular complexity index is 685. The van der Waals surface area contributed by atoms with Crippen molar-refractivity contribution >= 4 is 27.5 Å². The number of aromatic nitrogens is 1. The monoisotopic (exact) mass is 360 g/mol. The Morgan fingerprint density at radius 3 is 2.88 bits per heavy atom. The number of ether oxygens (including phenoxy) is 1. The second-order valence-corrected chi connectivity index (χ2v) is 8.22. The molecule has 2 aromatic rings. The number of quaternary nitrogens is 1. The Labute approximate surface area is 152 Å². The fourth-order valence-electron chi connectivity index (χ4n) is 3.84. The molecule has 1 atom stereocenters. The van der Waals surface area contributed by atoms with Crippen molar-refractivity contribution in [2.75, 3.05) is 32.8 Å². The minimum Gasteiger partial charge on any atom is -0.376 e. The standard InChI is InChI=1S/C19H25N3O2S/c23-18(20-12-15-4-3-11-24-15)13-22-9-7-14(8-10-22)19-21-16-5-1-2-6-17(16)25-19/h1-2,5-6,14-15H,3-4,7-13H2,(H,20,23)/p+1/t15-/m0/s1. The van der Waals surface area contributed by atoms with Crippen LogP contribution < -0.4 is 10.2 Å². The van der Waals surface area contributed by atoms with Gasteiger partial charge in [-0.3, -0.25) is 4.79 Å². The quantitative estimate of drug-likeness (QED) is 0.846. The number of thiazole rings is 1. The SMILES string of the molecule is O=C(C[NH+]1CCC(c2nc3ccccc3s2)CC1)NC[C@@H]1CCCO1. The highest BCUT2D eigenvalue weighted by molar-refractivity contribution is 7.18. The topological polar surface area (TPSA) is 55.7 Å². The molecule has 5 nitrogen and oxygen atoms in total. The summed E-state index contributed by atoms with van der Waals surface area (Å²) in [5, 5.41) is 4.30. The lowest BCUT2D eigenvalue weighted by Gasteiger charge is -2.27. The van der Waals surface area contributed by atoms with Gasteiger partial charge in [-0.15, -0.1) is 11.3 Å². The smallest absolute Gasteiger partial charge is 0.275 e. The van der Waals surface area contributed by atoms with Gasteiger partial charge in [0.2, 0.25) is 0 Å². The minimum atomic E-state index is 0.156. The van der Waals surface area contributed by atoms with Crippen molar-refractivity contribution in [1.29, 1.82) is 0 Å². The first kappa shape index (κ1) is 16.9. The van der Waals surface area contributed by atoms with Gasteiger partial charge in [-0.25, -0.2) is 4.98 Å². The van der Waals surface area contributed by atoms with E-state index in [-0.39, 0.29) is 12.0 Å². The highest BCUT2D eigenvalue weighted by Gasteiger charge is 2.27. The van der Waals surface area contributed by atoms with E-state index in [0.717, 1.165) is 50.9 Å². The summed E-state index contributed by atoms with van der Waals surface area (Å²) in [6.45, 7) is 4.19. The Balaban J connectivity index is 1.24. The van der Waals surface area contributed by atoms with Crippen LogP contribution in [0, 0.1) is 0 Å². The number of piperidine rings is 1. The lowest BCUT2D eigenvalue weighted by atomic mass is 9.97. The van der Waals surface area contributed by atoms with E-state index < -0.39 is 0 Å². The first-order chi connectivity index (χ1) is 12.3. The van der Waals surface area contributed by atoms with Crippen LogP contribution in [0.25, 0.3) is 10.2 Å². The minimum absolute atomic E-state index is 0.156. The lowest BCUT2D eigenvalue weighted by Crippen LogP contribution is -3.14. The van der Waals surface area contributed by atoms with Crippen molar-refractivity contribution in [3.63, 3.8) is 0 Å². The van der Waals surface area contributed by atoms with Gasteiger partial charge in [0.25, 0.3) is 5.91 Å². The number of nitrogens with zero attached hydrogens (tertiary/aromatic N) is 1. The van der Waals surface area contributed by atoms with Crippen LogP contribution >= 0.6 is 11.3 Å². The second-order valence-electron chi connectivity index (χ2n) is 7.16. The van der Waals surface area contributed by atoms with E-state index in [2.05, 4.69) is 23.5 Å². The van der Waals surface area contributed by atoms with Crippen LogP contribution in [0.1, 0.15) is 36.6 Å². The third kappa shape index (κ3) is 4.19. The molecule has 2 saturated heterocycles. The van der Waals surface area contributed by atoms with Crippen LogP contribution in [0.4, 0.5) is 0 Å². The average Bonchev–Trinajstić information content (AvgIpc) is 3.30. The van der Waals surface area contributed by atoms with E-state index in [1.807, 2.05) is 17.4 Å². The van der Waals surface area contributed by atoms with Crippen LogP contribution in [-0.2, 0) is 9.53 Å². The zero-order valence-corrected chi connectivity index (χ0v) is 15.3. The van der Waals surface area contributed by atoms with Gasteiger partial charge in [-0.2, -0.15) is 0 Å². The number of carbonyl (C=O) groups excluding carboxylic acids is 1. The normalized spacial score (nSPS) is 26.8. The van der Waals surface area contributed by atoms with Crippen molar-refractivity contribution in [2.45, 2.75) is 37.7 Å². The molecule has 2 aliphatic heterocycles. The molecule has 0 radical (unpaired) electrons. The number of rotatable bonds is 5. The van der Waals surface area contributed by atoms with Gasteiger partial charge in [0.05, 0.1) is 34.4 Å². The van der Waals surface area contributed by atoms with Crippen LogP contribution in [0.15, 0.2) is 24.3 Å². The second kappa shape index (κ2) is 7.81. The number of hydrogen-bond acceptors (Lipinski definition) is 4. The Kier molecular flexibility index (Phi) is 5.29. The number of amides is 1. The van der Waals surface area contributed by atoms with Crippen molar-refractivity contribution < 1.29 is 14.4 Å². The molecule has 1 aromatic heterocycles. The third-order valence-electron chi connectivity index (χ3n) is 5.31. The van der Waals surface area contributed by atoms with Gasteiger partial charge in [0.15, 0.2) is 6.54 Å². The van der Waals surface area contributed by atoms with E-state index >= 15 is 0 Å². The van der Waals surface area contributed by atoms with Crippen molar-refractivity contribution in [3.05, 3.63) is 29.3 Å². The van der Waals surface area contributed by atoms with Gasteiger partial charge >= 0.3 is 0 Å². The van der Waals surface area contributed by atoms with Crippen LogP contribution in [-0.4, -0.2) is 49.8 Å². The third-order valence-corrected chi connectivity index (χ3v) is 6.51. The van der Waals surface area contributed by atoms with Crippen molar-refractivity contribution in [2.24, 2.45) is 0 Å². The molecule has 1 amide bonds. The largest absolute Gasteiger partial charge is 0.376 e. The maximum absolute atomic E-state index is 12.1. The van der Waals surface area contributed by atoms with Gasteiger partial charge in [-0.1, -0.05) is 12.1 Å². The first-order valence-corrected chi connectivity index (χ1v) is 10.2. The van der Waals surface area contributed by atoms with Gasteiger partial charge in [0, 0.05) is 31.9 Å². The number of carbonyl (C=O) groups is 1. The molecule has 0 bridgehead atoms. The summed E-state index contributed by atoms with van der Waals surface area (Å²) in [6, 6.07) is 8.36. The number of hydrogen-bond donors (Lipinski definition) is 2. The fraction of sp³-hybridized carbons (Fsp3) is 0.579. The highest BCUT2D eigenvalue weighted by Crippen LogP contribution is 2.31. The molecule has 4 rings (SSSR count). The molecule has 0 unspecified atom stereocenters. The van der Waals surface area contributed by atoms with Crippen LogP contribution in [0.2, 0.25) is 0 Å². The molecule has 0 saturated carbocycles. The molecule has 0 spiro atoms. The summed E-state index contributed by atoms with van der Waals surface area (Å²) < 4.78 is 6.83. The van der Waals surface area contributed by atoms with Gasteiger partial charge < -0.3 is 15.0 Å². The maximum atomic E-state index is 12.1. The molecular weight excluding hydrogens is 334 g/mol. The van der Waals surface area contributed by atoms with Gasteiger partial charge in [0.1, 0.15) is 0 Å². The molecule has 3 heterocycles. The van der Waals surface area contributed by atoms with Crippen LogP contribution in [0.5, 0.6) is 0 Å². The molecule has 0 aliphatic carbocycles. The zero-order valence-electron chi connectivity index (χ0n) is 14.5. The van der Waals surface area contributed by atoms with E-state index in [0.29, 0.717) is 19.0 Å². The Morgan fingerprint density at radius 1 is 1.28 bits per heavy atom. The van der Waals surface area contributed by atoms with Gasteiger partial charge in [-0.05, 0) is 25.0 Å². The number of para-hydroxylation sites is 1. The Hall–Kier alpha value is -1.50. The molecule has 2 fully saturated rings. The summed E-state index contributed by atoms with van der Waals surface area (Å²) in [5.41, 5.74) is 1.12. The summed E-state index contributed by atoms with van der Waals surface area (Å²) >= 11 is 1.83. The maximum Gasteiger partial charge on any atom is 0.275 e. The average molecular weight is 361 g/mol. The molecule has 1 aromatic carbocycles. The predicted molar refractivity (Wildman–Crippen MR) is 99.1 cm³/mol. The molecule has 2 N–H and O–H groups in total. The van der Waals surface area contributed by atoms with E-state index in [1.54, 1.807) is 0 Å². The van der Waals surface area contributed by atoms with Crippen molar-refractivity contribution in [3.8, 4) is 0 Å². The number of fused-ring (bicyclic) bond motifs is 1. The van der Waals surface area contributed by atoms with Crippen molar-refractivity contribution in [1.82, 2.24) is 10.3 Å². The number of likely N-dealkylation sites (tertiary alicyclic amines) is 1. The first-order valence-electron chi connectivity index (χ1n) is 9.35. The summed E-state index contributed by atoms with van der Waals surface area (Å²) in [5.74, 6) is 0.708. The Morgan fingerprint density at radius 2 is 2.12 bits per heavy atom. The molecule has 2 aliphatic rings. The van der Waals surface area contributed by atoms with E-state index in [4.69, 9.17) is 9.72 Å². The molecule has 6 heteroatoms. The van der Waals surface area contributed by atoms with E-state index in [9.17, 15) is 4.79 Å². The summed E-state index contributed by atoms with van der Waals surface area (Å²) in [7, 11) is 0. The number of benzene rings is 1. The highest BCUT2D eigenvalue weighted by atomic mass is 32.1. The number of nitrogens with one attached hydrogen (secondary N) is 2. The fourth-order valence-corrected chi connectivity index (χ4v) is 4.97. The van der Waals surface area contributed by atoms with Crippen LogP contribution in [0.3, 0.4) is 0 Å². The lowest BCUT2D eigenvalue weighted by molar-refractivity contribution is -0.897. The molecule has 25 heavy (non-hydrogen) atoms. The molecular formula is C19H26N3O2S+. The summed E-state index contributed by atoms with van der Waals surface area (Å²) in [6.07, 6.45) is 4.65. The summed E-state index contributed by atoms with van der Waals surface area (Å²) in [4.78, 5) is 18.3. The molecule has 134 valence electrons. The predicted octanol–water partition coefficient (Wildman–Crippen LogP) is 1.35. The zero-order chi connectivity index (χ0) is 17.1.